The van der Waals surface area contributed by atoms with Crippen LogP contribution in [0.4, 0.5) is 0 Å². The minimum absolute atomic E-state index is 0.627. The monoisotopic (exact) mass is 291 g/mol. The fourth-order valence-electron chi connectivity index (χ4n) is 1.99. The Bertz CT molecular complexity index is 551. The standard InChI is InChI=1S/C16H21NO2S/c1-4-7-13-11-20-16(17-13)12-8-9-14(18-5-2)15(10-12)19-6-3/h8-11H,4-7H2,1-3H3. The van der Waals surface area contributed by atoms with Gasteiger partial charge in [-0.3, -0.25) is 0 Å². The van der Waals surface area contributed by atoms with Crippen molar-refractivity contribution in [3.05, 3.63) is 29.3 Å². The SMILES string of the molecule is CCCc1csc(-c2ccc(OCC)c(OCC)c2)n1. The average Bonchev–Trinajstić information content (AvgIpc) is 2.90. The van der Waals surface area contributed by atoms with Gasteiger partial charge in [-0.2, -0.15) is 0 Å². The van der Waals surface area contributed by atoms with E-state index in [1.165, 1.54) is 5.69 Å². The van der Waals surface area contributed by atoms with E-state index in [-0.39, 0.29) is 0 Å². The number of aromatic nitrogens is 1. The molecule has 0 spiro atoms. The van der Waals surface area contributed by atoms with Gasteiger partial charge in [0.1, 0.15) is 5.01 Å². The quantitative estimate of drug-likeness (QED) is 0.749. The molecule has 0 bridgehead atoms. The van der Waals surface area contributed by atoms with Gasteiger partial charge in [0.2, 0.25) is 0 Å². The van der Waals surface area contributed by atoms with E-state index in [1.807, 2.05) is 32.0 Å². The van der Waals surface area contributed by atoms with Crippen molar-refractivity contribution >= 4 is 11.3 Å². The van der Waals surface area contributed by atoms with Gasteiger partial charge in [0.15, 0.2) is 11.5 Å². The van der Waals surface area contributed by atoms with Crippen LogP contribution in [0.15, 0.2) is 23.6 Å². The topological polar surface area (TPSA) is 31.4 Å². The molecule has 0 radical (unpaired) electrons. The summed E-state index contributed by atoms with van der Waals surface area (Å²) in [4.78, 5) is 4.67. The molecule has 108 valence electrons. The van der Waals surface area contributed by atoms with Crippen LogP contribution >= 0.6 is 11.3 Å². The Kier molecular flexibility index (Phi) is 5.41. The molecule has 0 saturated carbocycles. The first kappa shape index (κ1) is 14.9. The maximum atomic E-state index is 5.66. The van der Waals surface area contributed by atoms with E-state index in [4.69, 9.17) is 9.47 Å². The highest BCUT2D eigenvalue weighted by Gasteiger charge is 2.10. The highest BCUT2D eigenvalue weighted by atomic mass is 32.1. The predicted octanol–water partition coefficient (Wildman–Crippen LogP) is 4.56. The second kappa shape index (κ2) is 7.29. The van der Waals surface area contributed by atoms with Gasteiger partial charge in [-0.25, -0.2) is 4.98 Å². The van der Waals surface area contributed by atoms with Crippen molar-refractivity contribution < 1.29 is 9.47 Å². The van der Waals surface area contributed by atoms with Crippen LogP contribution in [0.25, 0.3) is 10.6 Å². The van der Waals surface area contributed by atoms with E-state index in [0.717, 1.165) is 34.9 Å². The molecule has 0 aliphatic heterocycles. The van der Waals surface area contributed by atoms with Gasteiger partial charge in [-0.05, 0) is 38.5 Å². The van der Waals surface area contributed by atoms with Crippen molar-refractivity contribution in [2.75, 3.05) is 13.2 Å². The molecule has 0 amide bonds. The molecule has 2 rings (SSSR count). The van der Waals surface area contributed by atoms with Gasteiger partial charge in [-0.15, -0.1) is 11.3 Å². The van der Waals surface area contributed by atoms with Gasteiger partial charge >= 0.3 is 0 Å². The van der Waals surface area contributed by atoms with E-state index >= 15 is 0 Å². The number of ether oxygens (including phenoxy) is 2. The summed E-state index contributed by atoms with van der Waals surface area (Å²) >= 11 is 1.68. The maximum Gasteiger partial charge on any atom is 0.161 e. The Morgan fingerprint density at radius 3 is 2.50 bits per heavy atom. The van der Waals surface area contributed by atoms with E-state index in [2.05, 4.69) is 17.3 Å². The smallest absolute Gasteiger partial charge is 0.161 e. The zero-order valence-electron chi connectivity index (χ0n) is 12.3. The number of benzene rings is 1. The molecule has 0 unspecified atom stereocenters. The van der Waals surface area contributed by atoms with Gasteiger partial charge in [0.25, 0.3) is 0 Å². The lowest BCUT2D eigenvalue weighted by atomic mass is 10.2. The summed E-state index contributed by atoms with van der Waals surface area (Å²) in [6, 6.07) is 6.02. The predicted molar refractivity (Wildman–Crippen MR) is 83.9 cm³/mol. The Hall–Kier alpha value is -1.55. The molecule has 0 saturated heterocycles. The molecule has 2 aromatic rings. The average molecular weight is 291 g/mol. The van der Waals surface area contributed by atoms with Crippen molar-refractivity contribution in [3.8, 4) is 22.1 Å². The van der Waals surface area contributed by atoms with Crippen LogP contribution in [-0.4, -0.2) is 18.2 Å². The highest BCUT2D eigenvalue weighted by Crippen LogP contribution is 2.34. The normalized spacial score (nSPS) is 10.6. The summed E-state index contributed by atoms with van der Waals surface area (Å²) < 4.78 is 11.2. The minimum atomic E-state index is 0.627. The molecule has 0 aliphatic rings. The van der Waals surface area contributed by atoms with Crippen LogP contribution in [0.5, 0.6) is 11.5 Å². The maximum absolute atomic E-state index is 5.66. The van der Waals surface area contributed by atoms with Gasteiger partial charge in [-0.1, -0.05) is 13.3 Å². The molecule has 1 aromatic carbocycles. The molecule has 0 fully saturated rings. The Labute approximate surface area is 124 Å². The number of rotatable bonds is 7. The summed E-state index contributed by atoms with van der Waals surface area (Å²) in [5.74, 6) is 1.59. The van der Waals surface area contributed by atoms with Gasteiger partial charge in [0.05, 0.1) is 18.9 Å². The molecule has 0 atom stereocenters. The van der Waals surface area contributed by atoms with Crippen LogP contribution in [0, 0.1) is 0 Å². The first-order valence-electron chi connectivity index (χ1n) is 7.12. The Morgan fingerprint density at radius 1 is 1.05 bits per heavy atom. The van der Waals surface area contributed by atoms with E-state index < -0.39 is 0 Å². The summed E-state index contributed by atoms with van der Waals surface area (Å²) in [5.41, 5.74) is 2.25. The number of hydrogen-bond donors (Lipinski definition) is 0. The van der Waals surface area contributed by atoms with Crippen LogP contribution in [0.1, 0.15) is 32.9 Å². The summed E-state index contributed by atoms with van der Waals surface area (Å²) in [6.07, 6.45) is 2.16. The molecular weight excluding hydrogens is 270 g/mol. The number of nitrogens with zero attached hydrogens (tertiary/aromatic N) is 1. The third-order valence-electron chi connectivity index (χ3n) is 2.85. The largest absolute Gasteiger partial charge is 0.490 e. The van der Waals surface area contributed by atoms with Crippen LogP contribution in [-0.2, 0) is 6.42 Å². The van der Waals surface area contributed by atoms with Crippen molar-refractivity contribution in [1.29, 1.82) is 0 Å². The third kappa shape index (κ3) is 3.51. The van der Waals surface area contributed by atoms with Crippen molar-refractivity contribution in [2.45, 2.75) is 33.6 Å². The third-order valence-corrected chi connectivity index (χ3v) is 3.79. The summed E-state index contributed by atoms with van der Waals surface area (Å²) in [6.45, 7) is 7.38. The molecule has 4 heteroatoms. The van der Waals surface area contributed by atoms with E-state index in [1.54, 1.807) is 11.3 Å². The van der Waals surface area contributed by atoms with Crippen LogP contribution in [0.3, 0.4) is 0 Å². The molecule has 1 heterocycles. The zero-order valence-corrected chi connectivity index (χ0v) is 13.1. The molecule has 1 aromatic heterocycles. The lowest BCUT2D eigenvalue weighted by molar-refractivity contribution is 0.288. The second-order valence-electron chi connectivity index (χ2n) is 4.42. The molecule has 20 heavy (non-hydrogen) atoms. The van der Waals surface area contributed by atoms with Crippen molar-refractivity contribution in [3.63, 3.8) is 0 Å². The lowest BCUT2D eigenvalue weighted by Gasteiger charge is -2.11. The number of hydrogen-bond acceptors (Lipinski definition) is 4. The second-order valence-corrected chi connectivity index (χ2v) is 5.28. The van der Waals surface area contributed by atoms with E-state index in [9.17, 15) is 0 Å². The zero-order chi connectivity index (χ0) is 14.4. The first-order chi connectivity index (χ1) is 9.78. The summed E-state index contributed by atoms with van der Waals surface area (Å²) in [7, 11) is 0. The Balaban J connectivity index is 2.28. The molecule has 0 N–H and O–H groups in total. The fraction of sp³-hybridized carbons (Fsp3) is 0.438. The highest BCUT2D eigenvalue weighted by molar-refractivity contribution is 7.13. The van der Waals surface area contributed by atoms with Crippen LogP contribution < -0.4 is 9.47 Å². The molecule has 3 nitrogen and oxygen atoms in total. The molecular formula is C16H21NO2S. The van der Waals surface area contributed by atoms with Gasteiger partial charge in [0, 0.05) is 10.9 Å². The minimum Gasteiger partial charge on any atom is -0.490 e. The number of thiazole rings is 1. The first-order valence-corrected chi connectivity index (χ1v) is 8.00. The summed E-state index contributed by atoms with van der Waals surface area (Å²) in [5, 5.41) is 3.17. The number of aryl methyl sites for hydroxylation is 1. The lowest BCUT2D eigenvalue weighted by Crippen LogP contribution is -1.98. The van der Waals surface area contributed by atoms with Gasteiger partial charge < -0.3 is 9.47 Å². The molecule has 0 aliphatic carbocycles. The van der Waals surface area contributed by atoms with Crippen molar-refractivity contribution in [2.24, 2.45) is 0 Å². The van der Waals surface area contributed by atoms with Crippen LogP contribution in [0.2, 0.25) is 0 Å². The van der Waals surface area contributed by atoms with E-state index in [0.29, 0.717) is 13.2 Å². The Morgan fingerprint density at radius 2 is 1.80 bits per heavy atom. The van der Waals surface area contributed by atoms with Crippen molar-refractivity contribution in [1.82, 2.24) is 4.98 Å². The fourth-order valence-corrected chi connectivity index (χ4v) is 2.85.